The van der Waals surface area contributed by atoms with E-state index in [9.17, 15) is 0 Å². The van der Waals surface area contributed by atoms with Gasteiger partial charge in [0.2, 0.25) is 0 Å². The van der Waals surface area contributed by atoms with Crippen molar-refractivity contribution in [2.24, 2.45) is 0 Å². The van der Waals surface area contributed by atoms with Crippen LogP contribution in [-0.4, -0.2) is 0 Å². The van der Waals surface area contributed by atoms with Crippen molar-refractivity contribution in [3.63, 3.8) is 0 Å². The SMILES string of the molecule is [I-].[I-].[I-].[I-].[I-].[I-].[K+].[K+]. The monoisotopic (exact) mass is 839 g/mol. The Morgan fingerprint density at radius 3 is 0.250 bits per heavy atom. The van der Waals surface area contributed by atoms with Crippen LogP contribution in [0.4, 0.5) is 0 Å². The number of halogens is 6. The largest absolute Gasteiger partial charge is 1.00 e. The van der Waals surface area contributed by atoms with Gasteiger partial charge in [-0.15, -0.1) is 0 Å². The van der Waals surface area contributed by atoms with Gasteiger partial charge < -0.3 is 144 Å². The van der Waals surface area contributed by atoms with E-state index in [0.29, 0.717) is 0 Å². The minimum Gasteiger partial charge on any atom is -1.00 e. The Morgan fingerprint density at radius 1 is 0.250 bits per heavy atom. The molecule has 0 saturated heterocycles. The van der Waals surface area contributed by atoms with Gasteiger partial charge in [0, 0.05) is 0 Å². The van der Waals surface area contributed by atoms with Crippen LogP contribution < -0.4 is 247 Å². The molecule has 0 rings (SSSR count). The molecule has 0 radical (unpaired) electrons. The van der Waals surface area contributed by atoms with Crippen molar-refractivity contribution in [1.29, 1.82) is 0 Å². The van der Waals surface area contributed by atoms with Crippen molar-refractivity contribution in [3.05, 3.63) is 0 Å². The minimum atomic E-state index is 0. The van der Waals surface area contributed by atoms with E-state index in [-0.39, 0.29) is 247 Å². The van der Waals surface area contributed by atoms with Gasteiger partial charge in [0.15, 0.2) is 0 Å². The van der Waals surface area contributed by atoms with Gasteiger partial charge in [-0.2, -0.15) is 0 Å². The molecule has 0 fully saturated rings. The summed E-state index contributed by atoms with van der Waals surface area (Å²) in [6, 6.07) is 0. The topological polar surface area (TPSA) is 0 Å². The third-order valence-corrected chi connectivity index (χ3v) is 0. The van der Waals surface area contributed by atoms with E-state index in [1.165, 1.54) is 0 Å². The Balaban J connectivity index is 0. The molecular formula is I6K2-4. The molecule has 0 aromatic carbocycles. The second-order valence-corrected chi connectivity index (χ2v) is 0. The predicted octanol–water partition coefficient (Wildman–Crippen LogP) is -24.0. The first-order valence-corrected chi connectivity index (χ1v) is 0. The first-order chi connectivity index (χ1) is 0. The van der Waals surface area contributed by atoms with E-state index >= 15 is 0 Å². The van der Waals surface area contributed by atoms with Crippen LogP contribution in [0.2, 0.25) is 0 Å². The fourth-order valence-electron chi connectivity index (χ4n) is 0. The van der Waals surface area contributed by atoms with E-state index in [0.717, 1.165) is 0 Å². The zero-order chi connectivity index (χ0) is 0. The molecule has 48 valence electrons. The Labute approximate surface area is 238 Å². The van der Waals surface area contributed by atoms with Crippen molar-refractivity contribution in [2.45, 2.75) is 0 Å². The van der Waals surface area contributed by atoms with Crippen LogP contribution in [0.15, 0.2) is 0 Å². The summed E-state index contributed by atoms with van der Waals surface area (Å²) in [4.78, 5) is 0. The molecule has 0 bridgehead atoms. The molecule has 0 aliphatic heterocycles. The molecule has 0 spiro atoms. The summed E-state index contributed by atoms with van der Waals surface area (Å²) in [5.74, 6) is 0. The molecule has 0 unspecified atom stereocenters. The summed E-state index contributed by atoms with van der Waals surface area (Å²) in [7, 11) is 0. The average Bonchev–Trinajstić information content (AvgIpc) is 0. The molecule has 0 heterocycles. The van der Waals surface area contributed by atoms with Gasteiger partial charge in [-0.25, -0.2) is 0 Å². The van der Waals surface area contributed by atoms with Gasteiger partial charge in [-0.05, 0) is 0 Å². The number of hydrogen-bond acceptors (Lipinski definition) is 0. The summed E-state index contributed by atoms with van der Waals surface area (Å²) in [6.45, 7) is 0. The molecule has 0 aliphatic rings. The fraction of sp³-hybridized carbons (Fsp3) is 0. The van der Waals surface area contributed by atoms with Gasteiger partial charge in [-0.1, -0.05) is 0 Å². The van der Waals surface area contributed by atoms with Crippen LogP contribution >= 0.6 is 0 Å². The molecule has 8 heteroatoms. The van der Waals surface area contributed by atoms with E-state index < -0.39 is 0 Å². The van der Waals surface area contributed by atoms with Crippen LogP contribution in [0.25, 0.3) is 0 Å². The van der Waals surface area contributed by atoms with Gasteiger partial charge in [-0.3, -0.25) is 0 Å². The zero-order valence-corrected chi connectivity index (χ0v) is 23.5. The average molecular weight is 840 g/mol. The maximum atomic E-state index is 0. The van der Waals surface area contributed by atoms with Crippen molar-refractivity contribution >= 4 is 0 Å². The Hall–Kier alpha value is 7.65. The Kier molecular flexibility index (Phi) is 335. The van der Waals surface area contributed by atoms with Crippen molar-refractivity contribution in [2.75, 3.05) is 0 Å². The van der Waals surface area contributed by atoms with Crippen molar-refractivity contribution in [1.82, 2.24) is 0 Å². The van der Waals surface area contributed by atoms with E-state index in [1.807, 2.05) is 0 Å². The Morgan fingerprint density at radius 2 is 0.250 bits per heavy atom. The molecule has 0 aromatic rings. The molecule has 0 saturated carbocycles. The summed E-state index contributed by atoms with van der Waals surface area (Å²) in [5, 5.41) is 0. The molecule has 0 amide bonds. The second-order valence-electron chi connectivity index (χ2n) is 0. The zero-order valence-electron chi connectivity index (χ0n) is 4.27. The third kappa shape index (κ3) is 37.3. The summed E-state index contributed by atoms with van der Waals surface area (Å²) < 4.78 is 0. The van der Waals surface area contributed by atoms with Crippen LogP contribution in [0.1, 0.15) is 0 Å². The number of hydrogen-bond donors (Lipinski definition) is 0. The van der Waals surface area contributed by atoms with E-state index in [2.05, 4.69) is 0 Å². The normalized spacial score (nSPS) is 0. The molecule has 8 heavy (non-hydrogen) atoms. The van der Waals surface area contributed by atoms with Crippen LogP contribution in [0.5, 0.6) is 0 Å². The minimum absolute atomic E-state index is 0. The quantitative estimate of drug-likeness (QED) is 0.168. The molecule has 0 atom stereocenters. The maximum Gasteiger partial charge on any atom is 1.00 e. The molecule has 0 N–H and O–H groups in total. The van der Waals surface area contributed by atoms with E-state index in [4.69, 9.17) is 0 Å². The standard InChI is InChI=1S/6HI.2K/h6*1H;;/q;;;;;;2*+1/p-6. The van der Waals surface area contributed by atoms with Crippen molar-refractivity contribution in [3.8, 4) is 0 Å². The summed E-state index contributed by atoms with van der Waals surface area (Å²) >= 11 is 0. The molecule has 0 aromatic heterocycles. The first kappa shape index (κ1) is 57.4. The predicted molar refractivity (Wildman–Crippen MR) is 0 cm³/mol. The first-order valence-electron chi connectivity index (χ1n) is 0. The van der Waals surface area contributed by atoms with Gasteiger partial charge in [0.05, 0.1) is 0 Å². The third-order valence-electron chi connectivity index (χ3n) is 0. The molecular weight excluding hydrogens is 840 g/mol. The fourth-order valence-corrected chi connectivity index (χ4v) is 0. The molecule has 0 aliphatic carbocycles. The van der Waals surface area contributed by atoms with Gasteiger partial charge >= 0.3 is 103 Å². The van der Waals surface area contributed by atoms with Crippen LogP contribution in [0.3, 0.4) is 0 Å². The van der Waals surface area contributed by atoms with Crippen LogP contribution in [-0.2, 0) is 0 Å². The Bertz CT molecular complexity index is 6.49. The van der Waals surface area contributed by atoms with E-state index in [1.54, 1.807) is 0 Å². The molecule has 0 nitrogen and oxygen atoms in total. The number of rotatable bonds is 0. The summed E-state index contributed by atoms with van der Waals surface area (Å²) in [5.41, 5.74) is 0. The second kappa shape index (κ2) is 46.6. The van der Waals surface area contributed by atoms with Gasteiger partial charge in [0.1, 0.15) is 0 Å². The summed E-state index contributed by atoms with van der Waals surface area (Å²) in [6.07, 6.45) is 0. The van der Waals surface area contributed by atoms with Crippen LogP contribution in [0, 0.1) is 0 Å². The maximum absolute atomic E-state index is 0. The smallest absolute Gasteiger partial charge is 1.00 e. The van der Waals surface area contributed by atoms with Crippen molar-refractivity contribution < 1.29 is 247 Å². The van der Waals surface area contributed by atoms with Gasteiger partial charge in [0.25, 0.3) is 0 Å².